The highest BCUT2D eigenvalue weighted by Gasteiger charge is 2.24. The van der Waals surface area contributed by atoms with Crippen LogP contribution < -0.4 is 5.32 Å². The summed E-state index contributed by atoms with van der Waals surface area (Å²) in [6, 6.07) is 6.55. The average Bonchev–Trinajstić information content (AvgIpc) is 2.86. The van der Waals surface area contributed by atoms with Gasteiger partial charge in [0.05, 0.1) is 18.8 Å². The van der Waals surface area contributed by atoms with Crippen molar-refractivity contribution in [2.75, 3.05) is 12.4 Å². The number of benzene rings is 1. The first-order chi connectivity index (χ1) is 10.2. The lowest BCUT2D eigenvalue weighted by Crippen LogP contribution is -2.18. The number of rotatable bonds is 4. The summed E-state index contributed by atoms with van der Waals surface area (Å²) in [5.41, 5.74) is 4.97. The van der Waals surface area contributed by atoms with Crippen LogP contribution in [0, 0.1) is 0 Å². The molecule has 0 saturated carbocycles. The Labute approximate surface area is 133 Å². The number of hydrogen-bond acceptors (Lipinski definition) is 3. The van der Waals surface area contributed by atoms with Crippen LogP contribution in [0.3, 0.4) is 0 Å². The van der Waals surface area contributed by atoms with Gasteiger partial charge in [-0.1, -0.05) is 22.0 Å². The van der Waals surface area contributed by atoms with Gasteiger partial charge in [0.1, 0.15) is 0 Å². The number of nitrogens with zero attached hydrogens (tertiary/aromatic N) is 2. The molecule has 0 spiro atoms. The Morgan fingerprint density at radius 3 is 3.14 bits per heavy atom. The molecular formula is C16H20BrN3O. The van der Waals surface area contributed by atoms with Crippen molar-refractivity contribution >= 4 is 21.6 Å². The second-order valence-corrected chi connectivity index (χ2v) is 6.31. The summed E-state index contributed by atoms with van der Waals surface area (Å²) in [4.78, 5) is 0. The molecule has 1 heterocycles. The first kappa shape index (κ1) is 14.6. The molecule has 1 N–H and O–H groups in total. The third kappa shape index (κ3) is 2.85. The lowest BCUT2D eigenvalue weighted by atomic mass is 9.92. The molecule has 0 aliphatic heterocycles. The van der Waals surface area contributed by atoms with E-state index >= 15 is 0 Å². The second kappa shape index (κ2) is 6.20. The first-order valence-corrected chi connectivity index (χ1v) is 8.03. The molecule has 1 unspecified atom stereocenters. The van der Waals surface area contributed by atoms with Crippen LogP contribution in [-0.4, -0.2) is 16.9 Å². The number of aryl methyl sites for hydroxylation is 1. The third-order valence-electron chi connectivity index (χ3n) is 4.11. The van der Waals surface area contributed by atoms with Crippen molar-refractivity contribution in [1.82, 2.24) is 9.78 Å². The van der Waals surface area contributed by atoms with Crippen LogP contribution in [-0.2, 0) is 24.8 Å². The first-order valence-electron chi connectivity index (χ1n) is 7.24. The van der Waals surface area contributed by atoms with Crippen molar-refractivity contribution in [2.45, 2.75) is 31.9 Å². The fraction of sp³-hybridized carbons (Fsp3) is 0.438. The molecule has 5 heteroatoms. The number of ether oxygens (including phenoxy) is 1. The van der Waals surface area contributed by atoms with E-state index in [9.17, 15) is 0 Å². The molecule has 0 bridgehead atoms. The fourth-order valence-electron chi connectivity index (χ4n) is 3.03. The van der Waals surface area contributed by atoms with Crippen molar-refractivity contribution in [1.29, 1.82) is 0 Å². The summed E-state index contributed by atoms with van der Waals surface area (Å²) in [7, 11) is 3.75. The van der Waals surface area contributed by atoms with Crippen LogP contribution in [0.15, 0.2) is 28.9 Å². The number of aromatic nitrogens is 2. The molecule has 0 fully saturated rings. The van der Waals surface area contributed by atoms with Gasteiger partial charge in [0.2, 0.25) is 0 Å². The highest BCUT2D eigenvalue weighted by Crippen LogP contribution is 2.34. The lowest BCUT2D eigenvalue weighted by molar-refractivity contribution is 0.185. The van der Waals surface area contributed by atoms with E-state index < -0.39 is 0 Å². The van der Waals surface area contributed by atoms with Gasteiger partial charge in [-0.15, -0.1) is 0 Å². The summed E-state index contributed by atoms with van der Waals surface area (Å²) in [6.45, 7) is 0.594. The van der Waals surface area contributed by atoms with Crippen molar-refractivity contribution in [3.63, 3.8) is 0 Å². The number of fused-ring (bicyclic) bond motifs is 1. The van der Waals surface area contributed by atoms with Gasteiger partial charge in [-0.3, -0.25) is 4.68 Å². The Kier molecular flexibility index (Phi) is 4.31. The molecule has 0 radical (unpaired) electrons. The zero-order valence-electron chi connectivity index (χ0n) is 12.4. The quantitative estimate of drug-likeness (QED) is 0.911. The van der Waals surface area contributed by atoms with E-state index in [2.05, 4.69) is 44.5 Å². The summed E-state index contributed by atoms with van der Waals surface area (Å²) < 4.78 is 8.41. The highest BCUT2D eigenvalue weighted by molar-refractivity contribution is 9.10. The Balaban J connectivity index is 1.90. The molecule has 4 nitrogen and oxygen atoms in total. The van der Waals surface area contributed by atoms with Crippen LogP contribution in [0.2, 0.25) is 0 Å². The predicted molar refractivity (Wildman–Crippen MR) is 87.4 cm³/mol. The van der Waals surface area contributed by atoms with E-state index in [1.165, 1.54) is 17.7 Å². The van der Waals surface area contributed by atoms with Crippen LogP contribution in [0.25, 0.3) is 0 Å². The van der Waals surface area contributed by atoms with Crippen LogP contribution in [0.4, 0.5) is 5.69 Å². The predicted octanol–water partition coefficient (Wildman–Crippen LogP) is 3.82. The number of nitrogens with one attached hydrogen (secondary N) is 1. The maximum Gasteiger partial charge on any atom is 0.0744 e. The minimum Gasteiger partial charge on any atom is -0.380 e. The molecule has 1 atom stereocenters. The van der Waals surface area contributed by atoms with Gasteiger partial charge >= 0.3 is 0 Å². The summed E-state index contributed by atoms with van der Waals surface area (Å²) in [6.07, 6.45) is 5.45. The van der Waals surface area contributed by atoms with Crippen LogP contribution >= 0.6 is 15.9 Å². The molecule has 0 saturated heterocycles. The number of methoxy groups -OCH3 is 1. The zero-order chi connectivity index (χ0) is 14.8. The Hall–Kier alpha value is -1.33. The van der Waals surface area contributed by atoms with E-state index in [1.807, 2.05) is 17.9 Å². The molecule has 112 valence electrons. The standard InChI is InChI=1S/C16H20BrN3O/c1-20-16-8-4-7-14(11(16)9-18-20)19-15-6-3-5-13(17)12(15)10-21-2/h3,5-6,9,14,19H,4,7-8,10H2,1-2H3. The van der Waals surface area contributed by atoms with Gasteiger partial charge in [0.15, 0.2) is 0 Å². The van der Waals surface area contributed by atoms with E-state index in [1.54, 1.807) is 7.11 Å². The van der Waals surface area contributed by atoms with Gasteiger partial charge in [0.25, 0.3) is 0 Å². The maximum absolute atomic E-state index is 5.33. The summed E-state index contributed by atoms with van der Waals surface area (Å²) >= 11 is 3.61. The van der Waals surface area contributed by atoms with E-state index in [0.717, 1.165) is 28.6 Å². The number of hydrogen-bond donors (Lipinski definition) is 1. The average molecular weight is 350 g/mol. The second-order valence-electron chi connectivity index (χ2n) is 5.46. The van der Waals surface area contributed by atoms with Gasteiger partial charge < -0.3 is 10.1 Å². The third-order valence-corrected chi connectivity index (χ3v) is 4.86. The van der Waals surface area contributed by atoms with Crippen LogP contribution in [0.5, 0.6) is 0 Å². The lowest BCUT2D eigenvalue weighted by Gasteiger charge is -2.26. The van der Waals surface area contributed by atoms with Gasteiger partial charge in [-0.25, -0.2) is 0 Å². The van der Waals surface area contributed by atoms with Gasteiger partial charge in [-0.2, -0.15) is 5.10 Å². The minimum absolute atomic E-state index is 0.326. The summed E-state index contributed by atoms with van der Waals surface area (Å²) in [5.74, 6) is 0. The van der Waals surface area contributed by atoms with Gasteiger partial charge in [-0.05, 0) is 31.4 Å². The Morgan fingerprint density at radius 1 is 1.48 bits per heavy atom. The molecular weight excluding hydrogens is 330 g/mol. The monoisotopic (exact) mass is 349 g/mol. The van der Waals surface area contributed by atoms with E-state index in [0.29, 0.717) is 12.6 Å². The van der Waals surface area contributed by atoms with Crippen molar-refractivity contribution in [3.8, 4) is 0 Å². The topological polar surface area (TPSA) is 39.1 Å². The SMILES string of the molecule is COCc1c(Br)cccc1NC1CCCc2c1cnn2C. The summed E-state index contributed by atoms with van der Waals surface area (Å²) in [5, 5.41) is 8.09. The smallest absolute Gasteiger partial charge is 0.0744 e. The van der Waals surface area contributed by atoms with Crippen LogP contribution in [0.1, 0.15) is 35.7 Å². The molecule has 0 amide bonds. The molecule has 1 aliphatic carbocycles. The Bertz CT molecular complexity index is 638. The minimum atomic E-state index is 0.326. The number of halogens is 1. The molecule has 1 aromatic heterocycles. The largest absolute Gasteiger partial charge is 0.380 e. The fourth-order valence-corrected chi connectivity index (χ4v) is 3.51. The molecule has 1 aromatic carbocycles. The van der Waals surface area contributed by atoms with E-state index in [4.69, 9.17) is 4.74 Å². The van der Waals surface area contributed by atoms with Crippen molar-refractivity contribution < 1.29 is 4.74 Å². The van der Waals surface area contributed by atoms with Crippen molar-refractivity contribution in [2.24, 2.45) is 7.05 Å². The normalized spacial score (nSPS) is 17.6. The highest BCUT2D eigenvalue weighted by atomic mass is 79.9. The molecule has 21 heavy (non-hydrogen) atoms. The maximum atomic E-state index is 5.33. The van der Waals surface area contributed by atoms with Crippen molar-refractivity contribution in [3.05, 3.63) is 45.7 Å². The number of anilines is 1. The molecule has 3 rings (SSSR count). The van der Waals surface area contributed by atoms with E-state index in [-0.39, 0.29) is 0 Å². The molecule has 1 aliphatic rings. The Morgan fingerprint density at radius 2 is 2.33 bits per heavy atom. The van der Waals surface area contributed by atoms with Gasteiger partial charge in [0, 0.05) is 41.1 Å². The molecule has 2 aromatic rings. The zero-order valence-corrected chi connectivity index (χ0v) is 14.0.